The maximum Gasteiger partial charge on any atom is 0.258 e. The lowest BCUT2D eigenvalue weighted by molar-refractivity contribution is 0.165. The lowest BCUT2D eigenvalue weighted by Crippen LogP contribution is -2.23. The van der Waals surface area contributed by atoms with E-state index in [-0.39, 0.29) is 0 Å². The Hall–Kier alpha value is -2.19. The van der Waals surface area contributed by atoms with Crippen LogP contribution in [-0.4, -0.2) is 37.2 Å². The van der Waals surface area contributed by atoms with Gasteiger partial charge in [-0.2, -0.15) is 16.5 Å². The van der Waals surface area contributed by atoms with Crippen LogP contribution < -0.4 is 5.62 Å². The highest BCUT2D eigenvalue weighted by Crippen LogP contribution is 2.13. The van der Waals surface area contributed by atoms with Crippen molar-refractivity contribution < 1.29 is 5.21 Å². The van der Waals surface area contributed by atoms with Gasteiger partial charge in [-0.1, -0.05) is 6.07 Å². The lowest BCUT2D eigenvalue weighted by Gasteiger charge is -2.04. The molecule has 0 saturated carbocycles. The van der Waals surface area contributed by atoms with Crippen LogP contribution in [0.15, 0.2) is 47.3 Å². The van der Waals surface area contributed by atoms with Crippen molar-refractivity contribution in [1.82, 2.24) is 19.7 Å². The molecule has 0 unspecified atom stereocenters. The number of nitrogens with zero attached hydrogens (tertiary/aromatic N) is 5. The van der Waals surface area contributed by atoms with Gasteiger partial charge in [-0.05, 0) is 24.1 Å². The van der Waals surface area contributed by atoms with Crippen LogP contribution >= 0.6 is 23.1 Å². The highest BCUT2D eigenvalue weighted by Gasteiger charge is 2.01. The first kappa shape index (κ1) is 17.6. The molecule has 0 atom stereocenters. The second-order valence-corrected chi connectivity index (χ2v) is 7.54. The molecule has 3 aromatic rings. The fourth-order valence-electron chi connectivity index (χ4n) is 2.19. The smallest absolute Gasteiger partial charge is 0.258 e. The van der Waals surface area contributed by atoms with Crippen LogP contribution in [0.4, 0.5) is 0 Å². The summed E-state index contributed by atoms with van der Waals surface area (Å²) < 4.78 is 0.989. The Labute approximate surface area is 154 Å². The third-order valence-corrected chi connectivity index (χ3v) is 5.33. The topological polar surface area (TPSA) is 76.2 Å². The third kappa shape index (κ3) is 5.40. The summed E-state index contributed by atoms with van der Waals surface area (Å²) in [4.78, 5) is 17.1. The molecule has 0 amide bonds. The van der Waals surface area contributed by atoms with Crippen LogP contribution in [0.1, 0.15) is 21.8 Å². The second-order valence-electron chi connectivity index (χ2n) is 5.45. The molecule has 0 saturated heterocycles. The summed E-state index contributed by atoms with van der Waals surface area (Å²) in [7, 11) is 0. The standard InChI is InChI=1S/C17H19N5OS2/c1-13-2-3-14(9-20-13)8-15-10-21-17(22(23)11-15)19-4-6-24-12-16-18-5-7-25-16/h2-3,5,7,9-11,23H,4,6,8,12H2,1H3. The molecule has 6 nitrogen and oxygen atoms in total. The first-order chi connectivity index (χ1) is 12.2. The molecule has 0 aliphatic heterocycles. The van der Waals surface area contributed by atoms with Gasteiger partial charge in [0.15, 0.2) is 0 Å². The number of hydrogen-bond acceptors (Lipinski definition) is 7. The number of thiazole rings is 1. The number of thioether (sulfide) groups is 1. The molecule has 0 aromatic carbocycles. The molecule has 3 rings (SSSR count). The minimum atomic E-state index is 0.320. The van der Waals surface area contributed by atoms with E-state index in [1.807, 2.05) is 36.8 Å². The Kier molecular flexibility index (Phi) is 6.19. The summed E-state index contributed by atoms with van der Waals surface area (Å²) in [6.07, 6.45) is 7.72. The average Bonchev–Trinajstić information content (AvgIpc) is 3.12. The van der Waals surface area contributed by atoms with Gasteiger partial charge in [0.2, 0.25) is 0 Å². The maximum absolute atomic E-state index is 10.0. The molecule has 3 heterocycles. The van der Waals surface area contributed by atoms with Crippen molar-refractivity contribution in [3.05, 3.63) is 69.7 Å². The summed E-state index contributed by atoms with van der Waals surface area (Å²) >= 11 is 3.43. The van der Waals surface area contributed by atoms with Crippen molar-refractivity contribution in [2.45, 2.75) is 19.1 Å². The number of aromatic nitrogens is 4. The first-order valence-corrected chi connectivity index (χ1v) is 9.89. The van der Waals surface area contributed by atoms with E-state index in [4.69, 9.17) is 0 Å². The Morgan fingerprint density at radius 1 is 1.20 bits per heavy atom. The van der Waals surface area contributed by atoms with Gasteiger partial charge < -0.3 is 5.21 Å². The summed E-state index contributed by atoms with van der Waals surface area (Å²) in [6, 6.07) is 4.00. The zero-order chi connectivity index (χ0) is 17.5. The number of aryl methyl sites for hydroxylation is 1. The third-order valence-electron chi connectivity index (χ3n) is 3.42. The Balaban J connectivity index is 1.54. The van der Waals surface area contributed by atoms with Gasteiger partial charge in [-0.3, -0.25) is 4.98 Å². The molecule has 130 valence electrons. The SMILES string of the molecule is Cc1ccc(Cc2cnc(=NCCSCc3nccs3)n(O)c2)cn1. The fraction of sp³-hybridized carbons (Fsp3) is 0.294. The van der Waals surface area contributed by atoms with E-state index in [0.29, 0.717) is 18.6 Å². The predicted octanol–water partition coefficient (Wildman–Crippen LogP) is 2.71. The van der Waals surface area contributed by atoms with Gasteiger partial charge in [0.1, 0.15) is 5.01 Å². The molecule has 8 heteroatoms. The van der Waals surface area contributed by atoms with E-state index in [2.05, 4.69) is 19.9 Å². The van der Waals surface area contributed by atoms with Gasteiger partial charge in [-0.15, -0.1) is 11.3 Å². The highest BCUT2D eigenvalue weighted by atomic mass is 32.2. The van der Waals surface area contributed by atoms with Crippen LogP contribution in [0.2, 0.25) is 0 Å². The lowest BCUT2D eigenvalue weighted by atomic mass is 10.1. The van der Waals surface area contributed by atoms with E-state index in [9.17, 15) is 5.21 Å². The average molecular weight is 374 g/mol. The van der Waals surface area contributed by atoms with Crippen molar-refractivity contribution in [3.8, 4) is 0 Å². The fourth-order valence-corrected chi connectivity index (χ4v) is 3.72. The van der Waals surface area contributed by atoms with Gasteiger partial charge in [0.25, 0.3) is 5.62 Å². The van der Waals surface area contributed by atoms with E-state index in [1.165, 1.54) is 0 Å². The Morgan fingerprint density at radius 2 is 2.08 bits per heavy atom. The van der Waals surface area contributed by atoms with Crippen molar-refractivity contribution in [2.24, 2.45) is 4.99 Å². The maximum atomic E-state index is 10.0. The molecule has 0 spiro atoms. The Morgan fingerprint density at radius 3 is 2.80 bits per heavy atom. The molecule has 1 N–H and O–H groups in total. The van der Waals surface area contributed by atoms with Crippen LogP contribution in [0, 0.1) is 6.92 Å². The van der Waals surface area contributed by atoms with Crippen molar-refractivity contribution in [2.75, 3.05) is 12.3 Å². The van der Waals surface area contributed by atoms with E-state index in [1.54, 1.807) is 35.5 Å². The van der Waals surface area contributed by atoms with E-state index >= 15 is 0 Å². The van der Waals surface area contributed by atoms with Crippen LogP contribution in [-0.2, 0) is 12.2 Å². The van der Waals surface area contributed by atoms with Crippen molar-refractivity contribution in [1.29, 1.82) is 0 Å². The predicted molar refractivity (Wildman–Crippen MR) is 99.9 cm³/mol. The zero-order valence-corrected chi connectivity index (χ0v) is 15.5. The Bertz CT molecular complexity index is 859. The number of rotatable bonds is 7. The molecular weight excluding hydrogens is 354 g/mol. The van der Waals surface area contributed by atoms with Gasteiger partial charge >= 0.3 is 0 Å². The quantitative estimate of drug-likeness (QED) is 0.509. The van der Waals surface area contributed by atoms with Gasteiger partial charge in [0, 0.05) is 47.6 Å². The molecule has 25 heavy (non-hydrogen) atoms. The molecule has 0 aliphatic carbocycles. The number of pyridine rings is 1. The van der Waals surface area contributed by atoms with Crippen LogP contribution in [0.3, 0.4) is 0 Å². The number of hydrogen-bond donors (Lipinski definition) is 1. The van der Waals surface area contributed by atoms with Crippen LogP contribution in [0.25, 0.3) is 0 Å². The highest BCUT2D eigenvalue weighted by molar-refractivity contribution is 7.98. The summed E-state index contributed by atoms with van der Waals surface area (Å²) in [5.74, 6) is 1.75. The summed E-state index contributed by atoms with van der Waals surface area (Å²) in [6.45, 7) is 2.56. The molecule has 3 aromatic heterocycles. The van der Waals surface area contributed by atoms with Gasteiger partial charge in [0.05, 0.1) is 12.7 Å². The normalized spacial score (nSPS) is 11.8. The molecule has 0 fully saturated rings. The molecular formula is C17H19N5OS2. The second kappa shape index (κ2) is 8.77. The molecule has 0 radical (unpaired) electrons. The summed E-state index contributed by atoms with van der Waals surface area (Å²) in [5.41, 5.74) is 3.29. The molecule has 0 bridgehead atoms. The van der Waals surface area contributed by atoms with E-state index in [0.717, 1.165) is 38.1 Å². The monoisotopic (exact) mass is 373 g/mol. The van der Waals surface area contributed by atoms with E-state index < -0.39 is 0 Å². The van der Waals surface area contributed by atoms with Crippen molar-refractivity contribution in [3.63, 3.8) is 0 Å². The van der Waals surface area contributed by atoms with Crippen LogP contribution in [0.5, 0.6) is 0 Å². The first-order valence-electron chi connectivity index (χ1n) is 7.85. The molecule has 0 aliphatic rings. The zero-order valence-electron chi connectivity index (χ0n) is 13.9. The van der Waals surface area contributed by atoms with Crippen molar-refractivity contribution >= 4 is 23.1 Å². The summed E-state index contributed by atoms with van der Waals surface area (Å²) in [5, 5.41) is 13.1. The largest absolute Gasteiger partial charge is 0.425 e. The minimum absolute atomic E-state index is 0.320. The van der Waals surface area contributed by atoms with Gasteiger partial charge in [-0.25, -0.2) is 15.0 Å². The minimum Gasteiger partial charge on any atom is -0.425 e.